The minimum absolute atomic E-state index is 0.0393. The summed E-state index contributed by atoms with van der Waals surface area (Å²) in [5.74, 6) is -0.248. The van der Waals surface area contributed by atoms with Crippen molar-refractivity contribution in [2.75, 3.05) is 20.1 Å². The number of nitrogens with two attached hydrogens (primary N) is 1. The molecular weight excluding hydrogens is 248 g/mol. The Labute approximate surface area is 110 Å². The maximum atomic E-state index is 12.1. The van der Waals surface area contributed by atoms with Crippen LogP contribution in [0.1, 0.15) is 23.2 Å². The highest BCUT2D eigenvalue weighted by molar-refractivity contribution is 6.00. The van der Waals surface area contributed by atoms with Crippen molar-refractivity contribution in [2.45, 2.75) is 18.4 Å². The summed E-state index contributed by atoms with van der Waals surface area (Å²) in [6.07, 6.45) is 4.14. The number of nitrogens with zero attached hydrogens (tertiary/aromatic N) is 3. The van der Waals surface area contributed by atoms with E-state index in [0.29, 0.717) is 18.4 Å². The lowest BCUT2D eigenvalue weighted by Gasteiger charge is -2.40. The van der Waals surface area contributed by atoms with Crippen LogP contribution in [-0.2, 0) is 0 Å². The van der Waals surface area contributed by atoms with Gasteiger partial charge in [-0.3, -0.25) is 9.89 Å². The van der Waals surface area contributed by atoms with Gasteiger partial charge < -0.3 is 21.2 Å². The summed E-state index contributed by atoms with van der Waals surface area (Å²) in [7, 11) is 1.99. The third kappa shape index (κ3) is 2.68. The van der Waals surface area contributed by atoms with Gasteiger partial charge in [-0.1, -0.05) is 5.16 Å². The summed E-state index contributed by atoms with van der Waals surface area (Å²) in [6, 6.07) is 0. The number of carbonyl (C=O) groups is 1. The Morgan fingerprint density at radius 3 is 2.84 bits per heavy atom. The lowest BCUT2D eigenvalue weighted by molar-refractivity contribution is 0.0886. The van der Waals surface area contributed by atoms with Gasteiger partial charge >= 0.3 is 0 Å². The molecule has 5 N–H and O–H groups in total. The molecule has 8 nitrogen and oxygen atoms in total. The first-order valence-electron chi connectivity index (χ1n) is 6.05. The number of aromatic nitrogens is 2. The molecule has 1 saturated heterocycles. The molecule has 1 aromatic heterocycles. The minimum Gasteiger partial charge on any atom is -0.409 e. The van der Waals surface area contributed by atoms with E-state index >= 15 is 0 Å². The number of nitrogens with one attached hydrogen (secondary N) is 2. The molecule has 0 saturated carbocycles. The topological polar surface area (TPSA) is 120 Å². The van der Waals surface area contributed by atoms with E-state index in [2.05, 4.69) is 25.6 Å². The van der Waals surface area contributed by atoms with Crippen molar-refractivity contribution in [3.05, 3.63) is 18.0 Å². The summed E-state index contributed by atoms with van der Waals surface area (Å²) < 4.78 is 0. The molecule has 0 unspecified atom stereocenters. The van der Waals surface area contributed by atoms with E-state index in [0.717, 1.165) is 13.1 Å². The van der Waals surface area contributed by atoms with Crippen molar-refractivity contribution >= 4 is 11.7 Å². The Morgan fingerprint density at radius 2 is 2.32 bits per heavy atom. The molecule has 1 aromatic rings. The molecule has 0 bridgehead atoms. The number of rotatable bonds is 3. The second-order valence-corrected chi connectivity index (χ2v) is 4.81. The molecule has 19 heavy (non-hydrogen) atoms. The van der Waals surface area contributed by atoms with Gasteiger partial charge in [0.1, 0.15) is 5.54 Å². The average Bonchev–Trinajstić information content (AvgIpc) is 2.95. The molecule has 1 fully saturated rings. The van der Waals surface area contributed by atoms with E-state index in [-0.39, 0.29) is 11.7 Å². The molecule has 2 rings (SSSR count). The van der Waals surface area contributed by atoms with Crippen LogP contribution in [0.2, 0.25) is 0 Å². The molecule has 0 aliphatic carbocycles. The van der Waals surface area contributed by atoms with E-state index in [1.807, 2.05) is 7.05 Å². The zero-order valence-electron chi connectivity index (χ0n) is 10.8. The first kappa shape index (κ1) is 13.3. The summed E-state index contributed by atoms with van der Waals surface area (Å²) in [5.41, 5.74) is 5.40. The van der Waals surface area contributed by atoms with Crippen molar-refractivity contribution in [3.8, 4) is 0 Å². The third-order valence-electron chi connectivity index (χ3n) is 3.55. The number of aromatic amines is 1. The van der Waals surface area contributed by atoms with Gasteiger partial charge in [-0.25, -0.2) is 0 Å². The number of likely N-dealkylation sites (tertiary alicyclic amines) is 1. The standard InChI is InChI=1S/C11H18N6O2/c1-17-4-2-11(3-5-17,10(12)16-19)15-9(18)8-6-13-14-7-8/h6-7,19H,2-5H2,1H3,(H2,12,16)(H,13,14)(H,15,18). The zero-order valence-corrected chi connectivity index (χ0v) is 10.8. The van der Waals surface area contributed by atoms with Gasteiger partial charge in [0, 0.05) is 19.3 Å². The van der Waals surface area contributed by atoms with Gasteiger partial charge in [-0.2, -0.15) is 5.10 Å². The van der Waals surface area contributed by atoms with Crippen LogP contribution in [0.5, 0.6) is 0 Å². The molecule has 0 atom stereocenters. The summed E-state index contributed by atoms with van der Waals surface area (Å²) in [4.78, 5) is 14.2. The molecule has 104 valence electrons. The van der Waals surface area contributed by atoms with Gasteiger partial charge in [0.05, 0.1) is 11.8 Å². The van der Waals surface area contributed by atoms with E-state index in [4.69, 9.17) is 10.9 Å². The van der Waals surface area contributed by atoms with Crippen LogP contribution in [-0.4, -0.2) is 57.7 Å². The van der Waals surface area contributed by atoms with E-state index < -0.39 is 5.54 Å². The van der Waals surface area contributed by atoms with Gasteiger partial charge in [-0.15, -0.1) is 0 Å². The van der Waals surface area contributed by atoms with Gasteiger partial charge in [-0.05, 0) is 19.9 Å². The minimum atomic E-state index is -0.796. The Bertz CT molecular complexity index is 462. The van der Waals surface area contributed by atoms with Crippen LogP contribution in [0.25, 0.3) is 0 Å². The van der Waals surface area contributed by atoms with Crippen molar-refractivity contribution in [1.82, 2.24) is 20.4 Å². The second kappa shape index (κ2) is 5.27. The summed E-state index contributed by atoms with van der Waals surface area (Å²) in [5, 5.41) is 21.2. The van der Waals surface area contributed by atoms with Gasteiger partial charge in [0.15, 0.2) is 5.84 Å². The fourth-order valence-electron chi connectivity index (χ4n) is 2.21. The highest BCUT2D eigenvalue weighted by Crippen LogP contribution is 2.22. The number of amidine groups is 1. The number of oxime groups is 1. The largest absolute Gasteiger partial charge is 0.409 e. The SMILES string of the molecule is CN1CCC(NC(=O)c2cn[nH]c2)(C(N)=NO)CC1. The summed E-state index contributed by atoms with van der Waals surface area (Å²) in [6.45, 7) is 1.53. The number of amides is 1. The molecule has 0 radical (unpaired) electrons. The number of hydrogen-bond donors (Lipinski definition) is 4. The predicted molar refractivity (Wildman–Crippen MR) is 68.9 cm³/mol. The quantitative estimate of drug-likeness (QED) is 0.251. The Morgan fingerprint density at radius 1 is 1.63 bits per heavy atom. The number of carbonyl (C=O) groups excluding carboxylic acids is 1. The maximum absolute atomic E-state index is 12.1. The third-order valence-corrected chi connectivity index (χ3v) is 3.55. The lowest BCUT2D eigenvalue weighted by atomic mass is 9.86. The first-order chi connectivity index (χ1) is 9.07. The van der Waals surface area contributed by atoms with E-state index in [9.17, 15) is 4.79 Å². The van der Waals surface area contributed by atoms with Crippen LogP contribution in [0.15, 0.2) is 17.5 Å². The normalized spacial score (nSPS) is 20.2. The van der Waals surface area contributed by atoms with Gasteiger partial charge in [0.25, 0.3) is 5.91 Å². The monoisotopic (exact) mass is 266 g/mol. The van der Waals surface area contributed by atoms with Crippen LogP contribution in [0.4, 0.5) is 0 Å². The van der Waals surface area contributed by atoms with Crippen molar-refractivity contribution in [2.24, 2.45) is 10.9 Å². The fourth-order valence-corrected chi connectivity index (χ4v) is 2.21. The Hall–Kier alpha value is -2.09. The first-order valence-corrected chi connectivity index (χ1v) is 6.05. The maximum Gasteiger partial charge on any atom is 0.255 e. The molecular formula is C11H18N6O2. The predicted octanol–water partition coefficient (Wildman–Crippen LogP) is -0.650. The average molecular weight is 266 g/mol. The second-order valence-electron chi connectivity index (χ2n) is 4.81. The van der Waals surface area contributed by atoms with Crippen LogP contribution < -0.4 is 11.1 Å². The number of piperidine rings is 1. The molecule has 8 heteroatoms. The molecule has 1 aliphatic rings. The van der Waals surface area contributed by atoms with E-state index in [1.54, 1.807) is 0 Å². The Kier molecular flexibility index (Phi) is 3.70. The lowest BCUT2D eigenvalue weighted by Crippen LogP contribution is -2.62. The van der Waals surface area contributed by atoms with Crippen LogP contribution in [0.3, 0.4) is 0 Å². The zero-order chi connectivity index (χ0) is 13.9. The van der Waals surface area contributed by atoms with Crippen molar-refractivity contribution in [1.29, 1.82) is 0 Å². The fraction of sp³-hybridized carbons (Fsp3) is 0.545. The van der Waals surface area contributed by atoms with Gasteiger partial charge in [0.2, 0.25) is 0 Å². The highest BCUT2D eigenvalue weighted by atomic mass is 16.4. The van der Waals surface area contributed by atoms with Crippen LogP contribution in [0, 0.1) is 0 Å². The highest BCUT2D eigenvalue weighted by Gasteiger charge is 2.39. The van der Waals surface area contributed by atoms with Crippen molar-refractivity contribution in [3.63, 3.8) is 0 Å². The van der Waals surface area contributed by atoms with Crippen molar-refractivity contribution < 1.29 is 10.0 Å². The smallest absolute Gasteiger partial charge is 0.255 e. The molecule has 2 heterocycles. The summed E-state index contributed by atoms with van der Waals surface area (Å²) >= 11 is 0. The van der Waals surface area contributed by atoms with E-state index in [1.165, 1.54) is 12.4 Å². The molecule has 0 aromatic carbocycles. The molecule has 0 spiro atoms. The molecule has 1 aliphatic heterocycles. The number of H-pyrrole nitrogens is 1. The van der Waals surface area contributed by atoms with Crippen LogP contribution >= 0.6 is 0 Å². The molecule has 1 amide bonds. The Balaban J connectivity index is 2.17. The number of hydrogen-bond acceptors (Lipinski definition) is 5.